The van der Waals surface area contributed by atoms with Gasteiger partial charge in [0, 0.05) is 15.8 Å². The Bertz CT molecular complexity index is 741. The van der Waals surface area contributed by atoms with Crippen LogP contribution in [0, 0.1) is 0 Å². The summed E-state index contributed by atoms with van der Waals surface area (Å²) in [7, 11) is -3.62. The average molecular weight is 369 g/mol. The highest BCUT2D eigenvalue weighted by atomic mass is 79.9. The largest absolute Gasteiger partial charge is 0.398 e. The highest BCUT2D eigenvalue weighted by Gasteiger charge is 2.15. The van der Waals surface area contributed by atoms with E-state index < -0.39 is 10.0 Å². The van der Waals surface area contributed by atoms with Crippen molar-refractivity contribution in [2.45, 2.75) is 24.7 Å². The van der Waals surface area contributed by atoms with Crippen molar-refractivity contribution < 1.29 is 8.42 Å². The molecule has 0 aliphatic rings. The molecule has 0 bridgehead atoms. The van der Waals surface area contributed by atoms with Crippen LogP contribution in [0.2, 0.25) is 0 Å². The summed E-state index contributed by atoms with van der Waals surface area (Å²) in [6.45, 7) is 4.18. The fourth-order valence-corrected chi connectivity index (χ4v) is 3.44. The first-order valence-electron chi connectivity index (χ1n) is 6.47. The van der Waals surface area contributed by atoms with Crippen LogP contribution in [0.1, 0.15) is 25.3 Å². The predicted molar refractivity (Wildman–Crippen MR) is 89.9 cm³/mol. The molecule has 2 rings (SSSR count). The van der Waals surface area contributed by atoms with Crippen LogP contribution in [0.25, 0.3) is 0 Å². The lowest BCUT2D eigenvalue weighted by molar-refractivity contribution is 0.601. The van der Waals surface area contributed by atoms with E-state index >= 15 is 0 Å². The summed E-state index contributed by atoms with van der Waals surface area (Å²) in [6, 6.07) is 11.9. The third-order valence-corrected chi connectivity index (χ3v) is 5.18. The van der Waals surface area contributed by atoms with Gasteiger partial charge in [0.25, 0.3) is 10.0 Å². The van der Waals surface area contributed by atoms with Gasteiger partial charge in [-0.05, 0) is 57.7 Å². The molecule has 2 aromatic rings. The molecule has 0 amide bonds. The second-order valence-corrected chi connectivity index (χ2v) is 7.60. The number of nitrogens with two attached hydrogens (primary N) is 1. The Morgan fingerprint density at radius 2 is 1.71 bits per heavy atom. The summed E-state index contributed by atoms with van der Waals surface area (Å²) in [5.41, 5.74) is 7.86. The molecule has 6 heteroatoms. The van der Waals surface area contributed by atoms with Crippen LogP contribution >= 0.6 is 15.9 Å². The van der Waals surface area contributed by atoms with Gasteiger partial charge in [0.15, 0.2) is 0 Å². The van der Waals surface area contributed by atoms with Crippen molar-refractivity contribution in [1.29, 1.82) is 0 Å². The summed E-state index contributed by atoms with van der Waals surface area (Å²) in [4.78, 5) is 0.163. The van der Waals surface area contributed by atoms with E-state index in [1.807, 2.05) is 12.1 Å². The van der Waals surface area contributed by atoms with E-state index in [4.69, 9.17) is 5.73 Å². The van der Waals surface area contributed by atoms with Crippen LogP contribution in [0.3, 0.4) is 0 Å². The molecule has 0 spiro atoms. The Labute approximate surface area is 133 Å². The van der Waals surface area contributed by atoms with Crippen molar-refractivity contribution in [2.75, 3.05) is 10.5 Å². The summed E-state index contributed by atoms with van der Waals surface area (Å²) >= 11 is 3.23. The Morgan fingerprint density at radius 1 is 1.10 bits per heavy atom. The van der Waals surface area contributed by atoms with Crippen LogP contribution in [-0.4, -0.2) is 8.42 Å². The lowest BCUT2D eigenvalue weighted by Crippen LogP contribution is -2.13. The lowest BCUT2D eigenvalue weighted by atomic mass is 10.0. The highest BCUT2D eigenvalue weighted by molar-refractivity contribution is 9.10. The van der Waals surface area contributed by atoms with E-state index in [1.54, 1.807) is 18.2 Å². The quantitative estimate of drug-likeness (QED) is 0.802. The van der Waals surface area contributed by atoms with Gasteiger partial charge in [-0.15, -0.1) is 0 Å². The minimum atomic E-state index is -3.62. The van der Waals surface area contributed by atoms with Crippen LogP contribution in [0.5, 0.6) is 0 Å². The Morgan fingerprint density at radius 3 is 2.24 bits per heavy atom. The standard InChI is InChI=1S/C15H17BrN2O2S/c1-10(2)11-3-5-12(6-4-11)18-21(19,20)13-7-8-15(17)14(16)9-13/h3-10,18H,17H2,1-2H3. The number of rotatable bonds is 4. The van der Waals surface area contributed by atoms with Gasteiger partial charge >= 0.3 is 0 Å². The first kappa shape index (κ1) is 15.9. The topological polar surface area (TPSA) is 72.2 Å². The van der Waals surface area contributed by atoms with Gasteiger partial charge in [0.1, 0.15) is 0 Å². The van der Waals surface area contributed by atoms with Crippen molar-refractivity contribution in [3.05, 3.63) is 52.5 Å². The number of benzene rings is 2. The summed E-state index contributed by atoms with van der Waals surface area (Å²) in [6.07, 6.45) is 0. The maximum Gasteiger partial charge on any atom is 0.261 e. The molecule has 0 aliphatic carbocycles. The molecule has 0 saturated carbocycles. The number of nitrogen functional groups attached to an aromatic ring is 1. The van der Waals surface area contributed by atoms with Gasteiger partial charge in [0.2, 0.25) is 0 Å². The molecule has 0 aliphatic heterocycles. The minimum absolute atomic E-state index is 0.163. The van der Waals surface area contributed by atoms with E-state index in [2.05, 4.69) is 34.5 Å². The minimum Gasteiger partial charge on any atom is -0.398 e. The molecule has 0 fully saturated rings. The van der Waals surface area contributed by atoms with Crippen molar-refractivity contribution in [1.82, 2.24) is 0 Å². The third kappa shape index (κ3) is 3.77. The maximum absolute atomic E-state index is 12.3. The fourth-order valence-electron chi connectivity index (χ4n) is 1.83. The van der Waals surface area contributed by atoms with Gasteiger partial charge in [-0.25, -0.2) is 8.42 Å². The monoisotopic (exact) mass is 368 g/mol. The van der Waals surface area contributed by atoms with Crippen molar-refractivity contribution >= 4 is 37.3 Å². The second-order valence-electron chi connectivity index (χ2n) is 5.07. The van der Waals surface area contributed by atoms with Crippen molar-refractivity contribution in [3.63, 3.8) is 0 Å². The summed E-state index contributed by atoms with van der Waals surface area (Å²) in [5, 5.41) is 0. The van der Waals surface area contributed by atoms with Gasteiger partial charge in [-0.1, -0.05) is 26.0 Å². The normalized spacial score (nSPS) is 11.6. The SMILES string of the molecule is CC(C)c1ccc(NS(=O)(=O)c2ccc(N)c(Br)c2)cc1. The second kappa shape index (κ2) is 6.07. The Hall–Kier alpha value is -1.53. The first-order valence-corrected chi connectivity index (χ1v) is 8.75. The Balaban J connectivity index is 2.26. The number of sulfonamides is 1. The van der Waals surface area contributed by atoms with Crippen LogP contribution in [0.15, 0.2) is 51.8 Å². The molecule has 0 saturated heterocycles. The zero-order chi connectivity index (χ0) is 15.6. The van der Waals surface area contributed by atoms with E-state index in [0.29, 0.717) is 21.8 Å². The highest BCUT2D eigenvalue weighted by Crippen LogP contribution is 2.25. The van der Waals surface area contributed by atoms with Gasteiger partial charge in [-0.3, -0.25) is 4.72 Å². The number of anilines is 2. The van der Waals surface area contributed by atoms with E-state index in [1.165, 1.54) is 12.1 Å². The summed E-state index contributed by atoms with van der Waals surface area (Å²) < 4.78 is 27.7. The number of halogens is 1. The van der Waals surface area contributed by atoms with Gasteiger partial charge in [-0.2, -0.15) is 0 Å². The molecular formula is C15H17BrN2O2S. The molecule has 0 heterocycles. The lowest BCUT2D eigenvalue weighted by Gasteiger charge is -2.11. The average Bonchev–Trinajstić information content (AvgIpc) is 2.42. The molecule has 21 heavy (non-hydrogen) atoms. The smallest absolute Gasteiger partial charge is 0.261 e. The molecule has 2 aromatic carbocycles. The number of hydrogen-bond donors (Lipinski definition) is 2. The molecule has 0 aromatic heterocycles. The van der Waals surface area contributed by atoms with Crippen LogP contribution in [0.4, 0.5) is 11.4 Å². The zero-order valence-corrected chi connectivity index (χ0v) is 14.2. The summed E-state index contributed by atoms with van der Waals surface area (Å²) in [5.74, 6) is 0.406. The van der Waals surface area contributed by atoms with Gasteiger partial charge < -0.3 is 5.73 Å². The molecule has 0 radical (unpaired) electrons. The maximum atomic E-state index is 12.3. The predicted octanol–water partition coefficient (Wildman–Crippen LogP) is 3.96. The van der Waals surface area contributed by atoms with E-state index in [0.717, 1.165) is 5.56 Å². The van der Waals surface area contributed by atoms with Crippen LogP contribution < -0.4 is 10.5 Å². The first-order chi connectivity index (χ1) is 9.79. The molecule has 3 N–H and O–H groups in total. The van der Waals surface area contributed by atoms with Gasteiger partial charge in [0.05, 0.1) is 4.90 Å². The fraction of sp³-hybridized carbons (Fsp3) is 0.200. The molecule has 4 nitrogen and oxygen atoms in total. The van der Waals surface area contributed by atoms with Crippen molar-refractivity contribution in [3.8, 4) is 0 Å². The van der Waals surface area contributed by atoms with E-state index in [9.17, 15) is 8.42 Å². The molecular weight excluding hydrogens is 352 g/mol. The van der Waals surface area contributed by atoms with Crippen molar-refractivity contribution in [2.24, 2.45) is 0 Å². The van der Waals surface area contributed by atoms with Crippen LogP contribution in [-0.2, 0) is 10.0 Å². The Kier molecular flexibility index (Phi) is 4.58. The molecule has 0 atom stereocenters. The van der Waals surface area contributed by atoms with E-state index in [-0.39, 0.29) is 4.90 Å². The molecule has 112 valence electrons. The zero-order valence-electron chi connectivity index (χ0n) is 11.8. The third-order valence-electron chi connectivity index (χ3n) is 3.11. The number of hydrogen-bond acceptors (Lipinski definition) is 3. The number of nitrogens with one attached hydrogen (secondary N) is 1. The molecule has 0 unspecified atom stereocenters.